The molecular weight excluding hydrogens is 327 g/mol. The van der Waals surface area contributed by atoms with Crippen LogP contribution in [0, 0.1) is 12.7 Å². The summed E-state index contributed by atoms with van der Waals surface area (Å²) < 4.78 is 14.8. The van der Waals surface area contributed by atoms with Gasteiger partial charge in [-0.2, -0.15) is 0 Å². The van der Waals surface area contributed by atoms with Crippen LogP contribution in [0.5, 0.6) is 0 Å². The highest BCUT2D eigenvalue weighted by molar-refractivity contribution is 5.95. The molecule has 0 aromatic heterocycles. The second-order valence-corrected chi connectivity index (χ2v) is 5.62. The van der Waals surface area contributed by atoms with E-state index in [0.717, 1.165) is 30.5 Å². The molecule has 2 N–H and O–H groups in total. The lowest BCUT2D eigenvalue weighted by atomic mass is 9.99. The highest BCUT2D eigenvalue weighted by Crippen LogP contribution is 2.30. The maximum atomic E-state index is 14.8. The summed E-state index contributed by atoms with van der Waals surface area (Å²) in [7, 11) is 0. The van der Waals surface area contributed by atoms with Crippen molar-refractivity contribution >= 4 is 11.6 Å². The van der Waals surface area contributed by atoms with Gasteiger partial charge >= 0.3 is 0 Å². The largest absolute Gasteiger partial charge is 0.322 e. The van der Waals surface area contributed by atoms with E-state index in [1.165, 1.54) is 0 Å². The van der Waals surface area contributed by atoms with Crippen molar-refractivity contribution in [3.8, 4) is 11.1 Å². The van der Waals surface area contributed by atoms with Crippen molar-refractivity contribution in [1.82, 2.24) is 5.32 Å². The zero-order valence-electron chi connectivity index (χ0n) is 16.5. The summed E-state index contributed by atoms with van der Waals surface area (Å²) in [5.41, 5.74) is 2.59. The predicted molar refractivity (Wildman–Crippen MR) is 109 cm³/mol. The van der Waals surface area contributed by atoms with Gasteiger partial charge in [0.15, 0.2) is 5.82 Å². The number of benzene rings is 2. The molecule has 0 saturated carbocycles. The lowest BCUT2D eigenvalue weighted by Crippen LogP contribution is -2.35. The van der Waals surface area contributed by atoms with Crippen LogP contribution in [0.25, 0.3) is 11.1 Å². The van der Waals surface area contributed by atoms with Crippen LogP contribution >= 0.6 is 0 Å². The maximum absolute atomic E-state index is 14.8. The first-order valence-electron chi connectivity index (χ1n) is 9.55. The van der Waals surface area contributed by atoms with Crippen LogP contribution in [0.1, 0.15) is 46.1 Å². The van der Waals surface area contributed by atoms with Crippen LogP contribution in [0.15, 0.2) is 42.5 Å². The molecule has 1 aliphatic rings. The number of rotatable bonds is 3. The molecule has 0 aliphatic carbocycles. The van der Waals surface area contributed by atoms with E-state index in [0.29, 0.717) is 5.56 Å². The standard InChI is InChI=1S/C18H19FN2O.2C2H6/c1-12-6-2-3-7-13(12)14-8-4-9-15(17(14)19)21-18(22)16-10-5-11-20-16;2*1-2/h2-4,6-9,16,20H,5,10-11H2,1H3,(H,21,22);2*1-2H3. The molecule has 1 atom stereocenters. The normalized spacial score (nSPS) is 15.2. The first-order chi connectivity index (χ1) is 12.7. The van der Waals surface area contributed by atoms with Crippen LogP contribution < -0.4 is 10.6 Å². The third-order valence-corrected chi connectivity index (χ3v) is 4.07. The van der Waals surface area contributed by atoms with Gasteiger partial charge in [-0.05, 0) is 43.5 Å². The van der Waals surface area contributed by atoms with Crippen molar-refractivity contribution in [2.75, 3.05) is 11.9 Å². The smallest absolute Gasteiger partial charge is 0.241 e. The fourth-order valence-electron chi connectivity index (χ4n) is 2.84. The van der Waals surface area contributed by atoms with Crippen LogP contribution in [0.3, 0.4) is 0 Å². The molecule has 0 spiro atoms. The number of carbonyl (C=O) groups is 1. The van der Waals surface area contributed by atoms with E-state index in [4.69, 9.17) is 0 Å². The minimum atomic E-state index is -0.386. The molecule has 1 heterocycles. The van der Waals surface area contributed by atoms with Gasteiger partial charge in [-0.25, -0.2) is 4.39 Å². The Kier molecular flexibility index (Phi) is 9.60. The van der Waals surface area contributed by atoms with Crippen molar-refractivity contribution in [3.05, 3.63) is 53.8 Å². The molecule has 2 aromatic rings. The van der Waals surface area contributed by atoms with E-state index in [9.17, 15) is 9.18 Å². The van der Waals surface area contributed by atoms with E-state index >= 15 is 0 Å². The van der Waals surface area contributed by atoms with E-state index in [1.54, 1.807) is 18.2 Å². The van der Waals surface area contributed by atoms with Gasteiger partial charge in [0.25, 0.3) is 0 Å². The van der Waals surface area contributed by atoms with Gasteiger partial charge in [-0.15, -0.1) is 0 Å². The second-order valence-electron chi connectivity index (χ2n) is 5.62. The first kappa shape index (κ1) is 21.8. The topological polar surface area (TPSA) is 41.1 Å². The Balaban J connectivity index is 0.000000791. The zero-order valence-corrected chi connectivity index (χ0v) is 16.5. The minimum Gasteiger partial charge on any atom is -0.322 e. The van der Waals surface area contributed by atoms with Gasteiger partial charge in [0, 0.05) is 5.56 Å². The van der Waals surface area contributed by atoms with Crippen molar-refractivity contribution in [1.29, 1.82) is 0 Å². The van der Waals surface area contributed by atoms with Gasteiger partial charge in [0.05, 0.1) is 11.7 Å². The average Bonchev–Trinajstić information content (AvgIpc) is 3.22. The first-order valence-corrected chi connectivity index (χ1v) is 9.55. The summed E-state index contributed by atoms with van der Waals surface area (Å²) in [4.78, 5) is 12.1. The number of carbonyl (C=O) groups excluding carboxylic acids is 1. The number of amides is 1. The third-order valence-electron chi connectivity index (χ3n) is 4.07. The summed E-state index contributed by atoms with van der Waals surface area (Å²) >= 11 is 0. The molecule has 1 aliphatic heterocycles. The van der Waals surface area contributed by atoms with Gasteiger partial charge in [0.2, 0.25) is 5.91 Å². The van der Waals surface area contributed by atoms with Crippen LogP contribution in [0.2, 0.25) is 0 Å². The lowest BCUT2D eigenvalue weighted by Gasteiger charge is -2.14. The number of aryl methyl sites for hydroxylation is 1. The highest BCUT2D eigenvalue weighted by atomic mass is 19.1. The van der Waals surface area contributed by atoms with Gasteiger partial charge in [-0.1, -0.05) is 64.1 Å². The fraction of sp³-hybridized carbons (Fsp3) is 0.409. The van der Waals surface area contributed by atoms with Crippen molar-refractivity contribution in [2.24, 2.45) is 0 Å². The predicted octanol–water partition coefficient (Wildman–Crippen LogP) is 5.54. The molecule has 3 nitrogen and oxygen atoms in total. The Morgan fingerprint density at radius 2 is 1.69 bits per heavy atom. The number of anilines is 1. The summed E-state index contributed by atoms with van der Waals surface area (Å²) in [5.74, 6) is -0.554. The van der Waals surface area contributed by atoms with Crippen molar-refractivity contribution < 1.29 is 9.18 Å². The van der Waals surface area contributed by atoms with Crippen LogP contribution in [-0.4, -0.2) is 18.5 Å². The van der Waals surface area contributed by atoms with Crippen LogP contribution in [0.4, 0.5) is 10.1 Å². The lowest BCUT2D eigenvalue weighted by molar-refractivity contribution is -0.117. The quantitative estimate of drug-likeness (QED) is 0.756. The summed E-state index contributed by atoms with van der Waals surface area (Å²) in [6, 6.07) is 12.5. The molecule has 0 bridgehead atoms. The number of halogens is 1. The Bertz CT molecular complexity index is 694. The average molecular weight is 359 g/mol. The van der Waals surface area contributed by atoms with E-state index in [-0.39, 0.29) is 23.5 Å². The minimum absolute atomic E-state index is 0.168. The Morgan fingerprint density at radius 1 is 1.04 bits per heavy atom. The SMILES string of the molecule is CC.CC.Cc1ccccc1-c1cccc(NC(=O)C2CCCN2)c1F. The fourth-order valence-corrected chi connectivity index (χ4v) is 2.84. The second kappa shape index (κ2) is 11.4. The molecule has 1 fully saturated rings. The molecule has 142 valence electrons. The summed E-state index contributed by atoms with van der Waals surface area (Å²) in [5, 5.41) is 5.82. The molecule has 3 rings (SSSR count). The number of hydrogen-bond acceptors (Lipinski definition) is 2. The number of hydrogen-bond donors (Lipinski definition) is 2. The maximum Gasteiger partial charge on any atom is 0.241 e. The van der Waals surface area contributed by atoms with Gasteiger partial charge in [-0.3, -0.25) is 4.79 Å². The summed E-state index contributed by atoms with van der Waals surface area (Å²) in [6.45, 7) is 10.8. The van der Waals surface area contributed by atoms with E-state index < -0.39 is 0 Å². The Labute approximate surface area is 157 Å². The Hall–Kier alpha value is -2.20. The molecule has 26 heavy (non-hydrogen) atoms. The van der Waals surface area contributed by atoms with Crippen molar-refractivity contribution in [3.63, 3.8) is 0 Å². The molecule has 0 radical (unpaired) electrons. The van der Waals surface area contributed by atoms with Gasteiger partial charge in [0.1, 0.15) is 0 Å². The number of nitrogens with one attached hydrogen (secondary N) is 2. The monoisotopic (exact) mass is 358 g/mol. The molecule has 1 unspecified atom stereocenters. The van der Waals surface area contributed by atoms with E-state index in [1.807, 2.05) is 58.9 Å². The van der Waals surface area contributed by atoms with Crippen LogP contribution in [-0.2, 0) is 4.79 Å². The molecule has 2 aromatic carbocycles. The molecule has 4 heteroatoms. The zero-order chi connectivity index (χ0) is 19.5. The molecular formula is C22H31FN2O. The van der Waals surface area contributed by atoms with E-state index in [2.05, 4.69) is 10.6 Å². The summed E-state index contributed by atoms with van der Waals surface area (Å²) in [6.07, 6.45) is 1.77. The van der Waals surface area contributed by atoms with Gasteiger partial charge < -0.3 is 10.6 Å². The van der Waals surface area contributed by atoms with Crippen molar-refractivity contribution in [2.45, 2.75) is 53.5 Å². The Morgan fingerprint density at radius 3 is 2.31 bits per heavy atom. The third kappa shape index (κ3) is 5.40. The highest BCUT2D eigenvalue weighted by Gasteiger charge is 2.23. The molecule has 1 amide bonds. The molecule has 1 saturated heterocycles.